The van der Waals surface area contributed by atoms with E-state index in [0.29, 0.717) is 11.8 Å². The Kier molecular flexibility index (Phi) is 3.74. The van der Waals surface area contributed by atoms with Crippen LogP contribution in [-0.4, -0.2) is 11.3 Å². The van der Waals surface area contributed by atoms with Gasteiger partial charge in [0.1, 0.15) is 6.29 Å². The lowest BCUT2D eigenvalue weighted by Gasteiger charge is -2.12. The van der Waals surface area contributed by atoms with E-state index in [0.717, 1.165) is 6.07 Å². The van der Waals surface area contributed by atoms with Gasteiger partial charge in [0.05, 0.1) is 11.3 Å². The molecule has 1 aromatic carbocycles. The maximum Gasteiger partial charge on any atom is 0.418 e. The lowest BCUT2D eigenvalue weighted by Crippen LogP contribution is -2.08. The number of nitrogens with two attached hydrogens (primary N) is 1. The van der Waals surface area contributed by atoms with Crippen LogP contribution in [0, 0.1) is 0 Å². The molecule has 20 heavy (non-hydrogen) atoms. The number of halogens is 3. The molecule has 3 nitrogen and oxygen atoms in total. The van der Waals surface area contributed by atoms with Crippen molar-refractivity contribution in [2.45, 2.75) is 12.6 Å². The molecule has 2 rings (SSSR count). The summed E-state index contributed by atoms with van der Waals surface area (Å²) in [6.07, 6.45) is -2.38. The number of hydrogen-bond donors (Lipinski definition) is 1. The molecule has 0 aliphatic heterocycles. The molecule has 6 heteroatoms. The van der Waals surface area contributed by atoms with E-state index in [9.17, 15) is 18.0 Å². The molecule has 0 saturated carbocycles. The average molecular weight is 280 g/mol. The van der Waals surface area contributed by atoms with Crippen LogP contribution in [-0.2, 0) is 17.4 Å². The van der Waals surface area contributed by atoms with Crippen LogP contribution in [0.3, 0.4) is 0 Å². The molecule has 0 bridgehead atoms. The van der Waals surface area contributed by atoms with Crippen LogP contribution in [0.1, 0.15) is 11.1 Å². The third-order valence-electron chi connectivity index (χ3n) is 2.84. The highest BCUT2D eigenvalue weighted by molar-refractivity contribution is 5.71. The number of carbonyl (C=O) groups excluding carboxylic acids is 1. The van der Waals surface area contributed by atoms with Crippen molar-refractivity contribution in [1.82, 2.24) is 4.98 Å². The lowest BCUT2D eigenvalue weighted by atomic mass is 10.0. The van der Waals surface area contributed by atoms with E-state index in [1.165, 1.54) is 30.5 Å². The van der Waals surface area contributed by atoms with Crippen LogP contribution in [0.2, 0.25) is 0 Å². The van der Waals surface area contributed by atoms with E-state index in [1.54, 1.807) is 0 Å². The predicted molar refractivity (Wildman–Crippen MR) is 68.9 cm³/mol. The Hall–Kier alpha value is -2.37. The van der Waals surface area contributed by atoms with Gasteiger partial charge in [0, 0.05) is 23.9 Å². The quantitative estimate of drug-likeness (QED) is 0.694. The molecule has 0 aliphatic carbocycles. The van der Waals surface area contributed by atoms with Crippen LogP contribution in [0.25, 0.3) is 11.3 Å². The number of hydrogen-bond acceptors (Lipinski definition) is 3. The summed E-state index contributed by atoms with van der Waals surface area (Å²) in [4.78, 5) is 14.2. The number of rotatable bonds is 3. The number of benzene rings is 1. The minimum atomic E-state index is -4.49. The number of nitrogens with zero attached hydrogens (tertiary/aromatic N) is 1. The molecule has 2 N–H and O–H groups in total. The maximum absolute atomic E-state index is 12.9. The van der Waals surface area contributed by atoms with Gasteiger partial charge in [0.25, 0.3) is 0 Å². The molecular weight excluding hydrogens is 269 g/mol. The smallest absolute Gasteiger partial charge is 0.398 e. The molecule has 1 heterocycles. The Morgan fingerprint density at radius 3 is 2.60 bits per heavy atom. The van der Waals surface area contributed by atoms with Crippen molar-refractivity contribution in [3.63, 3.8) is 0 Å². The molecule has 2 aromatic rings. The zero-order valence-corrected chi connectivity index (χ0v) is 10.3. The molecule has 0 radical (unpaired) electrons. The predicted octanol–water partition coefficient (Wildman–Crippen LogP) is 3.09. The normalized spacial score (nSPS) is 11.3. The summed E-state index contributed by atoms with van der Waals surface area (Å²) in [5, 5.41) is 0. The summed E-state index contributed by atoms with van der Waals surface area (Å²) in [5.74, 6) is 0. The number of pyridine rings is 1. The summed E-state index contributed by atoms with van der Waals surface area (Å²) < 4.78 is 38.8. The Balaban J connectivity index is 2.52. The van der Waals surface area contributed by atoms with E-state index < -0.39 is 11.7 Å². The molecule has 0 atom stereocenters. The van der Waals surface area contributed by atoms with E-state index in [2.05, 4.69) is 4.98 Å². The van der Waals surface area contributed by atoms with Gasteiger partial charge in [-0.15, -0.1) is 0 Å². The first-order chi connectivity index (χ1) is 9.43. The van der Waals surface area contributed by atoms with Crippen LogP contribution >= 0.6 is 0 Å². The van der Waals surface area contributed by atoms with Crippen molar-refractivity contribution < 1.29 is 18.0 Å². The molecule has 0 unspecified atom stereocenters. The highest BCUT2D eigenvalue weighted by atomic mass is 19.4. The second kappa shape index (κ2) is 5.32. The van der Waals surface area contributed by atoms with Gasteiger partial charge in [-0.1, -0.05) is 12.1 Å². The summed E-state index contributed by atoms with van der Waals surface area (Å²) in [7, 11) is 0. The third kappa shape index (κ3) is 2.79. The number of alkyl halides is 3. The Bertz CT molecular complexity index is 639. The SMILES string of the molecule is Nc1cc(-c2ncccc2C(F)(F)F)ccc1CC=O. The maximum atomic E-state index is 12.9. The second-order valence-electron chi connectivity index (χ2n) is 4.18. The van der Waals surface area contributed by atoms with E-state index in [4.69, 9.17) is 5.73 Å². The first-order valence-corrected chi connectivity index (χ1v) is 5.78. The fourth-order valence-corrected chi connectivity index (χ4v) is 1.88. The Morgan fingerprint density at radius 1 is 1.25 bits per heavy atom. The fourth-order valence-electron chi connectivity index (χ4n) is 1.88. The largest absolute Gasteiger partial charge is 0.418 e. The van der Waals surface area contributed by atoms with Gasteiger partial charge in [-0.3, -0.25) is 4.98 Å². The van der Waals surface area contributed by atoms with Crippen LogP contribution in [0.4, 0.5) is 18.9 Å². The Labute approximate surface area is 113 Å². The second-order valence-corrected chi connectivity index (χ2v) is 4.18. The zero-order chi connectivity index (χ0) is 14.8. The fraction of sp³-hybridized carbons (Fsp3) is 0.143. The third-order valence-corrected chi connectivity index (χ3v) is 2.84. The summed E-state index contributed by atoms with van der Waals surface area (Å²) in [6.45, 7) is 0. The standard InChI is InChI=1S/C14H11F3N2O/c15-14(16,17)11-2-1-6-19-13(11)10-4-3-9(5-7-20)12(18)8-10/h1-4,6-8H,5,18H2. The zero-order valence-electron chi connectivity index (χ0n) is 10.3. The van der Waals surface area contributed by atoms with Crippen molar-refractivity contribution in [2.75, 3.05) is 5.73 Å². The van der Waals surface area contributed by atoms with Crippen LogP contribution in [0.15, 0.2) is 36.5 Å². The molecule has 0 amide bonds. The monoisotopic (exact) mass is 280 g/mol. The van der Waals surface area contributed by atoms with Gasteiger partial charge in [0.2, 0.25) is 0 Å². The van der Waals surface area contributed by atoms with Gasteiger partial charge < -0.3 is 10.5 Å². The van der Waals surface area contributed by atoms with Gasteiger partial charge >= 0.3 is 6.18 Å². The van der Waals surface area contributed by atoms with E-state index in [-0.39, 0.29) is 23.4 Å². The van der Waals surface area contributed by atoms with Crippen molar-refractivity contribution in [3.05, 3.63) is 47.7 Å². The molecule has 104 valence electrons. The molecule has 0 saturated heterocycles. The van der Waals surface area contributed by atoms with Gasteiger partial charge in [0.15, 0.2) is 0 Å². The average Bonchev–Trinajstić information content (AvgIpc) is 2.40. The molecule has 1 aromatic heterocycles. The summed E-state index contributed by atoms with van der Waals surface area (Å²) >= 11 is 0. The number of carbonyl (C=O) groups is 1. The van der Waals surface area contributed by atoms with Gasteiger partial charge in [-0.05, 0) is 23.8 Å². The molecule has 0 fully saturated rings. The molecule has 0 spiro atoms. The minimum absolute atomic E-state index is 0.125. The number of nitrogen functional groups attached to an aromatic ring is 1. The topological polar surface area (TPSA) is 56.0 Å². The molecular formula is C14H11F3N2O. The summed E-state index contributed by atoms with van der Waals surface area (Å²) in [5.41, 5.74) is 5.86. The van der Waals surface area contributed by atoms with E-state index in [1.807, 2.05) is 0 Å². The van der Waals surface area contributed by atoms with Crippen molar-refractivity contribution in [2.24, 2.45) is 0 Å². The first-order valence-electron chi connectivity index (χ1n) is 5.78. The van der Waals surface area contributed by atoms with Crippen molar-refractivity contribution in [3.8, 4) is 11.3 Å². The number of aldehydes is 1. The Morgan fingerprint density at radius 2 is 2.00 bits per heavy atom. The van der Waals surface area contributed by atoms with Gasteiger partial charge in [-0.25, -0.2) is 0 Å². The highest BCUT2D eigenvalue weighted by Gasteiger charge is 2.34. The van der Waals surface area contributed by atoms with Gasteiger partial charge in [-0.2, -0.15) is 13.2 Å². The van der Waals surface area contributed by atoms with Crippen molar-refractivity contribution >= 4 is 12.0 Å². The van der Waals surface area contributed by atoms with Crippen LogP contribution < -0.4 is 5.73 Å². The van der Waals surface area contributed by atoms with E-state index >= 15 is 0 Å². The highest BCUT2D eigenvalue weighted by Crippen LogP contribution is 2.36. The minimum Gasteiger partial charge on any atom is -0.398 e. The van der Waals surface area contributed by atoms with Crippen molar-refractivity contribution in [1.29, 1.82) is 0 Å². The number of anilines is 1. The summed E-state index contributed by atoms with van der Waals surface area (Å²) in [6, 6.07) is 6.62. The van der Waals surface area contributed by atoms with Crippen LogP contribution in [0.5, 0.6) is 0 Å². The first kappa shape index (κ1) is 14.0. The number of aromatic nitrogens is 1. The molecule has 0 aliphatic rings. The lowest BCUT2D eigenvalue weighted by molar-refractivity contribution is -0.137.